The highest BCUT2D eigenvalue weighted by molar-refractivity contribution is 6.18. The molecule has 0 N–H and O–H groups in total. The third kappa shape index (κ3) is 2.49. The average molecular weight is 211 g/mol. The highest BCUT2D eigenvalue weighted by atomic mass is 35.5. The van der Waals surface area contributed by atoms with Crippen molar-refractivity contribution < 1.29 is 4.74 Å². The molecule has 0 bridgehead atoms. The smallest absolute Gasteiger partial charge is 0.0717 e. The van der Waals surface area contributed by atoms with Gasteiger partial charge in [-0.2, -0.15) is 0 Å². The molecule has 1 saturated carbocycles. The lowest BCUT2D eigenvalue weighted by Crippen LogP contribution is -2.11. The van der Waals surface area contributed by atoms with E-state index in [0.717, 1.165) is 12.5 Å². The van der Waals surface area contributed by atoms with Gasteiger partial charge in [0.1, 0.15) is 0 Å². The lowest BCUT2D eigenvalue weighted by atomic mass is 10.2. The van der Waals surface area contributed by atoms with Gasteiger partial charge in [-0.3, -0.25) is 0 Å². The first-order valence-electron chi connectivity index (χ1n) is 5.02. The molecule has 0 heterocycles. The average Bonchev–Trinajstić information content (AvgIpc) is 3.00. The quantitative estimate of drug-likeness (QED) is 0.679. The SMILES string of the molecule is ClCC1(COCc2ccccc2)CC1. The fourth-order valence-corrected chi connectivity index (χ4v) is 1.80. The van der Waals surface area contributed by atoms with Crippen LogP contribution in [0.2, 0.25) is 0 Å². The van der Waals surface area contributed by atoms with E-state index in [1.54, 1.807) is 0 Å². The van der Waals surface area contributed by atoms with Crippen LogP contribution in [0.25, 0.3) is 0 Å². The van der Waals surface area contributed by atoms with Crippen molar-refractivity contribution >= 4 is 11.6 Å². The first-order valence-corrected chi connectivity index (χ1v) is 5.56. The predicted molar refractivity (Wildman–Crippen MR) is 58.5 cm³/mol. The standard InChI is InChI=1S/C12H15ClO/c13-9-12(6-7-12)10-14-8-11-4-2-1-3-5-11/h1-5H,6-10H2. The minimum atomic E-state index is 0.316. The van der Waals surface area contributed by atoms with Gasteiger partial charge in [0.25, 0.3) is 0 Å². The molecule has 1 fully saturated rings. The third-order valence-corrected chi connectivity index (χ3v) is 3.33. The molecule has 1 aromatic rings. The molecule has 0 radical (unpaired) electrons. The van der Waals surface area contributed by atoms with E-state index >= 15 is 0 Å². The maximum Gasteiger partial charge on any atom is 0.0717 e. The molecule has 0 unspecified atom stereocenters. The molecule has 2 rings (SSSR count). The van der Waals surface area contributed by atoms with E-state index in [0.29, 0.717) is 12.0 Å². The summed E-state index contributed by atoms with van der Waals surface area (Å²) in [6.07, 6.45) is 2.45. The lowest BCUT2D eigenvalue weighted by Gasteiger charge is -2.11. The second-order valence-electron chi connectivity index (χ2n) is 4.11. The van der Waals surface area contributed by atoms with Gasteiger partial charge in [-0.05, 0) is 18.4 Å². The van der Waals surface area contributed by atoms with Crippen LogP contribution in [-0.2, 0) is 11.3 Å². The number of rotatable bonds is 5. The second kappa shape index (κ2) is 4.33. The van der Waals surface area contributed by atoms with Gasteiger partial charge in [-0.15, -0.1) is 11.6 Å². The summed E-state index contributed by atoms with van der Waals surface area (Å²) in [7, 11) is 0. The number of hydrogen-bond donors (Lipinski definition) is 0. The molecule has 0 aliphatic heterocycles. The Kier molecular flexibility index (Phi) is 3.09. The maximum atomic E-state index is 5.86. The summed E-state index contributed by atoms with van der Waals surface area (Å²) in [5, 5.41) is 0. The molecular formula is C12H15ClO. The minimum Gasteiger partial charge on any atom is -0.376 e. The zero-order valence-electron chi connectivity index (χ0n) is 8.21. The van der Waals surface area contributed by atoms with E-state index in [2.05, 4.69) is 12.1 Å². The van der Waals surface area contributed by atoms with Crippen molar-refractivity contribution in [3.8, 4) is 0 Å². The fraction of sp³-hybridized carbons (Fsp3) is 0.500. The van der Waals surface area contributed by atoms with E-state index in [1.807, 2.05) is 18.2 Å². The molecule has 1 aromatic carbocycles. The van der Waals surface area contributed by atoms with E-state index in [4.69, 9.17) is 16.3 Å². The molecule has 1 aliphatic rings. The Hall–Kier alpha value is -0.530. The number of alkyl halides is 1. The van der Waals surface area contributed by atoms with Gasteiger partial charge in [0, 0.05) is 11.3 Å². The van der Waals surface area contributed by atoms with Gasteiger partial charge < -0.3 is 4.74 Å². The zero-order chi connectivity index (χ0) is 9.86. The van der Waals surface area contributed by atoms with Gasteiger partial charge in [0.05, 0.1) is 13.2 Å². The van der Waals surface area contributed by atoms with Crippen LogP contribution in [0, 0.1) is 5.41 Å². The van der Waals surface area contributed by atoms with Gasteiger partial charge in [0.15, 0.2) is 0 Å². The molecule has 76 valence electrons. The Balaban J connectivity index is 1.73. The number of halogens is 1. The molecule has 1 nitrogen and oxygen atoms in total. The second-order valence-corrected chi connectivity index (χ2v) is 4.38. The third-order valence-electron chi connectivity index (χ3n) is 2.76. The summed E-state index contributed by atoms with van der Waals surface area (Å²) >= 11 is 5.86. The number of hydrogen-bond acceptors (Lipinski definition) is 1. The van der Waals surface area contributed by atoms with Crippen molar-refractivity contribution in [3.05, 3.63) is 35.9 Å². The monoisotopic (exact) mass is 210 g/mol. The minimum absolute atomic E-state index is 0.316. The van der Waals surface area contributed by atoms with Crippen LogP contribution >= 0.6 is 11.6 Å². The largest absolute Gasteiger partial charge is 0.376 e. The van der Waals surface area contributed by atoms with Crippen LogP contribution in [0.4, 0.5) is 0 Å². The molecule has 0 atom stereocenters. The summed E-state index contributed by atoms with van der Waals surface area (Å²) in [6.45, 7) is 1.52. The van der Waals surface area contributed by atoms with Crippen molar-refractivity contribution in [2.45, 2.75) is 19.4 Å². The van der Waals surface area contributed by atoms with E-state index in [9.17, 15) is 0 Å². The van der Waals surface area contributed by atoms with E-state index in [1.165, 1.54) is 18.4 Å². The van der Waals surface area contributed by atoms with Crippen molar-refractivity contribution in [2.75, 3.05) is 12.5 Å². The first-order chi connectivity index (χ1) is 6.85. The van der Waals surface area contributed by atoms with Crippen molar-refractivity contribution in [3.63, 3.8) is 0 Å². The predicted octanol–water partition coefficient (Wildman–Crippen LogP) is 3.22. The fourth-order valence-electron chi connectivity index (χ4n) is 1.45. The summed E-state index contributed by atoms with van der Waals surface area (Å²) in [5.41, 5.74) is 1.55. The highest BCUT2D eigenvalue weighted by Crippen LogP contribution is 2.46. The molecule has 0 aromatic heterocycles. The molecule has 0 saturated heterocycles. The van der Waals surface area contributed by atoms with Gasteiger partial charge in [-0.25, -0.2) is 0 Å². The Morgan fingerprint density at radius 1 is 1.21 bits per heavy atom. The molecule has 2 heteroatoms. The Labute approximate surface area is 90.0 Å². The van der Waals surface area contributed by atoms with Crippen molar-refractivity contribution in [2.24, 2.45) is 5.41 Å². The van der Waals surface area contributed by atoms with Crippen LogP contribution in [0.3, 0.4) is 0 Å². The number of ether oxygens (including phenoxy) is 1. The van der Waals surface area contributed by atoms with Crippen molar-refractivity contribution in [1.29, 1.82) is 0 Å². The summed E-state index contributed by atoms with van der Waals surface area (Å²) < 4.78 is 5.65. The van der Waals surface area contributed by atoms with E-state index < -0.39 is 0 Å². The Bertz CT molecular complexity index is 280. The van der Waals surface area contributed by atoms with Crippen LogP contribution in [0.5, 0.6) is 0 Å². The number of benzene rings is 1. The lowest BCUT2D eigenvalue weighted by molar-refractivity contribution is 0.0853. The molecule has 1 aliphatic carbocycles. The van der Waals surface area contributed by atoms with Crippen molar-refractivity contribution in [1.82, 2.24) is 0 Å². The molecule has 0 amide bonds. The molecule has 14 heavy (non-hydrogen) atoms. The molecular weight excluding hydrogens is 196 g/mol. The normalized spacial score (nSPS) is 18.1. The van der Waals surface area contributed by atoms with Crippen LogP contribution in [0.1, 0.15) is 18.4 Å². The molecule has 0 spiro atoms. The zero-order valence-corrected chi connectivity index (χ0v) is 8.96. The van der Waals surface area contributed by atoms with Gasteiger partial charge in [0.2, 0.25) is 0 Å². The van der Waals surface area contributed by atoms with Crippen LogP contribution < -0.4 is 0 Å². The first kappa shape index (κ1) is 10.0. The van der Waals surface area contributed by atoms with E-state index in [-0.39, 0.29) is 0 Å². The summed E-state index contributed by atoms with van der Waals surface area (Å²) in [4.78, 5) is 0. The highest BCUT2D eigenvalue weighted by Gasteiger charge is 2.41. The summed E-state index contributed by atoms with van der Waals surface area (Å²) in [6, 6.07) is 10.3. The Morgan fingerprint density at radius 2 is 1.93 bits per heavy atom. The summed E-state index contributed by atoms with van der Waals surface area (Å²) in [5.74, 6) is 0.738. The van der Waals surface area contributed by atoms with Crippen LogP contribution in [0.15, 0.2) is 30.3 Å². The van der Waals surface area contributed by atoms with Crippen LogP contribution in [-0.4, -0.2) is 12.5 Å². The van der Waals surface area contributed by atoms with Gasteiger partial charge >= 0.3 is 0 Å². The van der Waals surface area contributed by atoms with Gasteiger partial charge in [-0.1, -0.05) is 30.3 Å². The Morgan fingerprint density at radius 3 is 2.50 bits per heavy atom. The topological polar surface area (TPSA) is 9.23 Å². The maximum absolute atomic E-state index is 5.86.